The van der Waals surface area contributed by atoms with E-state index in [1.165, 1.54) is 13.4 Å². The van der Waals surface area contributed by atoms with E-state index in [-0.39, 0.29) is 30.1 Å². The highest BCUT2D eigenvalue weighted by Gasteiger charge is 2.45. The fraction of sp³-hybridized carbons (Fsp3) is 0.500. The van der Waals surface area contributed by atoms with Crippen molar-refractivity contribution in [1.82, 2.24) is 14.9 Å². The van der Waals surface area contributed by atoms with Crippen LogP contribution < -0.4 is 14.8 Å². The molecule has 0 spiro atoms. The molecule has 3 aliphatic rings. The second-order valence-corrected chi connectivity index (χ2v) is 9.35. The number of aromatic nitrogens is 2. The summed E-state index contributed by atoms with van der Waals surface area (Å²) in [7, 11) is 1.52. The van der Waals surface area contributed by atoms with E-state index in [0.717, 1.165) is 19.3 Å². The van der Waals surface area contributed by atoms with Gasteiger partial charge in [0.05, 0.1) is 37.6 Å². The van der Waals surface area contributed by atoms with Gasteiger partial charge in [-0.05, 0) is 31.4 Å². The summed E-state index contributed by atoms with van der Waals surface area (Å²) in [5.74, 6) is 0.971. The maximum atomic E-state index is 12.6. The predicted octanol–water partition coefficient (Wildman–Crippen LogP) is 4.45. The van der Waals surface area contributed by atoms with E-state index in [0.29, 0.717) is 60.1 Å². The zero-order chi connectivity index (χ0) is 24.4. The summed E-state index contributed by atoms with van der Waals surface area (Å²) in [4.78, 5) is 26.4. The van der Waals surface area contributed by atoms with Crippen LogP contribution in [0.5, 0.6) is 11.6 Å². The van der Waals surface area contributed by atoms with E-state index in [2.05, 4.69) is 20.1 Å². The summed E-state index contributed by atoms with van der Waals surface area (Å²) >= 11 is 6.32. The molecule has 3 fully saturated rings. The average Bonchev–Trinajstić information content (AvgIpc) is 2.82. The highest BCUT2D eigenvalue weighted by molar-refractivity contribution is 6.33. The van der Waals surface area contributed by atoms with E-state index in [4.69, 9.17) is 37.1 Å². The number of likely N-dealkylation sites (tertiary alicyclic amines) is 1. The standard InChI is InChI=1S/C24H26ClN5O5/c1-26-16-6-7-19(18(25)8-16)29-22-21(32-2)23(28-13-27-22)35-20-14-9-30(10-15(20)12-33-11-14)24(31)34-17-4-3-5-17/h6-8,13-15,17,20H,3-5,9-12H2,2H3,(H,27,28,29). The molecule has 5 rings (SSSR count). The van der Waals surface area contributed by atoms with Gasteiger partial charge < -0.3 is 29.2 Å². The van der Waals surface area contributed by atoms with E-state index >= 15 is 0 Å². The minimum Gasteiger partial charge on any atom is -0.489 e. The Morgan fingerprint density at radius 2 is 2.03 bits per heavy atom. The molecule has 2 aromatic rings. The molecule has 1 aliphatic carbocycles. The Labute approximate surface area is 208 Å². The number of ether oxygens (including phenoxy) is 4. The van der Waals surface area contributed by atoms with Gasteiger partial charge in [-0.15, -0.1) is 0 Å². The van der Waals surface area contributed by atoms with Crippen LogP contribution in [0, 0.1) is 18.4 Å². The number of nitrogens with one attached hydrogen (secondary N) is 1. The molecule has 2 unspecified atom stereocenters. The summed E-state index contributed by atoms with van der Waals surface area (Å²) in [6.07, 6.45) is 3.99. The number of hydrogen-bond acceptors (Lipinski definition) is 8. The molecule has 2 bridgehead atoms. The number of amides is 1. The van der Waals surface area contributed by atoms with Gasteiger partial charge in [0.25, 0.3) is 5.88 Å². The Morgan fingerprint density at radius 1 is 1.26 bits per heavy atom. The van der Waals surface area contributed by atoms with Gasteiger partial charge in [-0.3, -0.25) is 0 Å². The van der Waals surface area contributed by atoms with Crippen LogP contribution in [0.3, 0.4) is 0 Å². The van der Waals surface area contributed by atoms with Gasteiger partial charge in [0.1, 0.15) is 18.5 Å². The molecular weight excluding hydrogens is 474 g/mol. The fourth-order valence-corrected chi connectivity index (χ4v) is 4.81. The molecule has 184 valence electrons. The van der Waals surface area contributed by atoms with Crippen LogP contribution in [-0.2, 0) is 9.47 Å². The first kappa shape index (κ1) is 23.5. The number of carbonyl (C=O) groups is 1. The number of nitrogens with zero attached hydrogens (tertiary/aromatic N) is 4. The van der Waals surface area contributed by atoms with Crippen molar-refractivity contribution < 1.29 is 23.7 Å². The first-order chi connectivity index (χ1) is 17.1. The number of hydrogen-bond donors (Lipinski definition) is 1. The number of carbonyl (C=O) groups excluding carboxylic acids is 1. The highest BCUT2D eigenvalue weighted by atomic mass is 35.5. The first-order valence-electron chi connectivity index (χ1n) is 11.6. The van der Waals surface area contributed by atoms with Crippen LogP contribution in [0.4, 0.5) is 22.0 Å². The third-order valence-corrected chi connectivity index (χ3v) is 6.95. The lowest BCUT2D eigenvalue weighted by atomic mass is 9.84. The summed E-state index contributed by atoms with van der Waals surface area (Å²) in [5.41, 5.74) is 1.02. The monoisotopic (exact) mass is 499 g/mol. The number of benzene rings is 1. The number of halogens is 1. The molecule has 11 heteroatoms. The van der Waals surface area contributed by atoms with Crippen LogP contribution >= 0.6 is 11.6 Å². The zero-order valence-electron chi connectivity index (χ0n) is 19.3. The number of fused-ring (bicyclic) bond motifs is 2. The van der Waals surface area contributed by atoms with Crippen molar-refractivity contribution in [3.05, 3.63) is 41.0 Å². The van der Waals surface area contributed by atoms with Crippen molar-refractivity contribution in [3.63, 3.8) is 0 Å². The van der Waals surface area contributed by atoms with Gasteiger partial charge in [-0.2, -0.15) is 4.98 Å². The van der Waals surface area contributed by atoms with E-state index in [9.17, 15) is 4.79 Å². The molecule has 1 amide bonds. The van der Waals surface area contributed by atoms with Gasteiger partial charge in [0, 0.05) is 24.9 Å². The molecule has 2 aliphatic heterocycles. The maximum Gasteiger partial charge on any atom is 0.410 e. The Hall–Kier alpha value is -3.29. The van der Waals surface area contributed by atoms with E-state index in [1.807, 2.05) is 0 Å². The Kier molecular flexibility index (Phi) is 6.79. The minimum atomic E-state index is -0.253. The lowest BCUT2D eigenvalue weighted by Crippen LogP contribution is -2.59. The number of piperidine rings is 1. The molecule has 2 atom stereocenters. The molecule has 35 heavy (non-hydrogen) atoms. The van der Waals surface area contributed by atoms with Crippen molar-refractivity contribution in [3.8, 4) is 11.6 Å². The van der Waals surface area contributed by atoms with Crippen LogP contribution in [0.1, 0.15) is 19.3 Å². The van der Waals surface area contributed by atoms with Crippen LogP contribution in [-0.4, -0.2) is 66.6 Å². The zero-order valence-corrected chi connectivity index (χ0v) is 20.0. The maximum absolute atomic E-state index is 12.6. The summed E-state index contributed by atoms with van der Waals surface area (Å²) < 4.78 is 23.4. The Balaban J connectivity index is 1.32. The van der Waals surface area contributed by atoms with Gasteiger partial charge in [-0.1, -0.05) is 17.7 Å². The molecule has 1 N–H and O–H groups in total. The van der Waals surface area contributed by atoms with Crippen LogP contribution in [0.2, 0.25) is 5.02 Å². The third-order valence-electron chi connectivity index (χ3n) is 6.64. The number of methoxy groups -OCH3 is 1. The van der Waals surface area contributed by atoms with Crippen molar-refractivity contribution in [2.45, 2.75) is 31.5 Å². The predicted molar refractivity (Wildman–Crippen MR) is 127 cm³/mol. The second-order valence-electron chi connectivity index (χ2n) is 8.94. The highest BCUT2D eigenvalue weighted by Crippen LogP contribution is 2.39. The molecule has 0 radical (unpaired) electrons. The summed E-state index contributed by atoms with van der Waals surface area (Å²) in [5, 5.41) is 3.52. The number of anilines is 2. The van der Waals surface area contributed by atoms with Gasteiger partial charge in [0.2, 0.25) is 5.75 Å². The lowest BCUT2D eigenvalue weighted by Gasteiger charge is -2.46. The third kappa shape index (κ3) is 4.92. The largest absolute Gasteiger partial charge is 0.489 e. The molecule has 2 saturated heterocycles. The molecule has 1 aromatic heterocycles. The van der Waals surface area contributed by atoms with Crippen molar-refractivity contribution in [2.24, 2.45) is 11.8 Å². The smallest absolute Gasteiger partial charge is 0.410 e. The normalized spacial score (nSPS) is 23.6. The number of rotatable bonds is 6. The Morgan fingerprint density at radius 3 is 2.66 bits per heavy atom. The molecular formula is C24H26ClN5O5. The minimum absolute atomic E-state index is 0.0249. The quantitative estimate of drug-likeness (QED) is 0.582. The van der Waals surface area contributed by atoms with Gasteiger partial charge >= 0.3 is 6.09 Å². The topological polar surface area (TPSA) is 99.4 Å². The molecule has 1 aromatic carbocycles. The summed E-state index contributed by atoms with van der Waals surface area (Å²) in [6.45, 7) is 9.08. The van der Waals surface area contributed by atoms with Crippen LogP contribution in [0.15, 0.2) is 24.5 Å². The van der Waals surface area contributed by atoms with E-state index in [1.54, 1.807) is 23.1 Å². The van der Waals surface area contributed by atoms with Crippen molar-refractivity contribution in [1.29, 1.82) is 0 Å². The second kappa shape index (κ2) is 10.1. The average molecular weight is 500 g/mol. The SMILES string of the molecule is [C-]#[N+]c1ccc(Nc2ncnc(OC3C4COCC3CN(C(=O)OC3CCC3)C4)c2OC)c(Cl)c1. The molecule has 10 nitrogen and oxygen atoms in total. The molecule has 3 heterocycles. The fourth-order valence-electron chi connectivity index (χ4n) is 4.59. The Bertz CT molecular complexity index is 1120. The van der Waals surface area contributed by atoms with Crippen LogP contribution in [0.25, 0.3) is 4.85 Å². The summed E-state index contributed by atoms with van der Waals surface area (Å²) in [6, 6.07) is 4.95. The first-order valence-corrected chi connectivity index (χ1v) is 12.0. The van der Waals surface area contributed by atoms with Crippen molar-refractivity contribution >= 4 is 34.9 Å². The van der Waals surface area contributed by atoms with Crippen molar-refractivity contribution in [2.75, 3.05) is 38.7 Å². The van der Waals surface area contributed by atoms with Gasteiger partial charge in [0.15, 0.2) is 11.5 Å². The van der Waals surface area contributed by atoms with E-state index < -0.39 is 0 Å². The lowest BCUT2D eigenvalue weighted by molar-refractivity contribution is -0.113. The molecule has 1 saturated carbocycles. The van der Waals surface area contributed by atoms with Gasteiger partial charge in [-0.25, -0.2) is 14.6 Å².